The molecule has 10 heteroatoms. The van der Waals surface area contributed by atoms with Crippen LogP contribution in [-0.4, -0.2) is 33.7 Å². The number of nitrogens with one attached hydrogen (secondary N) is 1. The maximum atomic E-state index is 15.1. The van der Waals surface area contributed by atoms with Gasteiger partial charge in [0.2, 0.25) is 11.8 Å². The molecular weight excluding hydrogens is 645 g/mol. The van der Waals surface area contributed by atoms with Gasteiger partial charge in [-0.25, -0.2) is 4.39 Å². The summed E-state index contributed by atoms with van der Waals surface area (Å²) in [6.07, 6.45) is 2.41. The summed E-state index contributed by atoms with van der Waals surface area (Å²) in [5.74, 6) is -5.59. The number of aromatic hydroxyl groups is 1. The van der Waals surface area contributed by atoms with Gasteiger partial charge in [0.05, 0.1) is 34.5 Å². The first kappa shape index (κ1) is 31.0. The predicted octanol–water partition coefficient (Wildman–Crippen LogP) is 6.68. The Kier molecular flexibility index (Phi) is 7.22. The molecule has 4 amide bonds. The van der Waals surface area contributed by atoms with E-state index in [4.69, 9.17) is 11.6 Å². The minimum absolute atomic E-state index is 0.0781. The van der Waals surface area contributed by atoms with Crippen molar-refractivity contribution in [2.75, 3.05) is 10.3 Å². The monoisotopic (exact) mass is 675 g/mol. The highest BCUT2D eigenvalue weighted by molar-refractivity contribution is 6.30. The Balaban J connectivity index is 1.33. The predicted molar refractivity (Wildman–Crippen MR) is 181 cm³/mol. The Hall–Kier alpha value is -5.28. The van der Waals surface area contributed by atoms with Gasteiger partial charge in [0.25, 0.3) is 11.8 Å². The minimum atomic E-state index is -1.49. The van der Waals surface area contributed by atoms with Crippen LogP contribution in [0.2, 0.25) is 5.02 Å². The number of aryl methyl sites for hydroxylation is 1. The highest BCUT2D eigenvalue weighted by Gasteiger charge is 2.70. The SMILES string of the molecule is Cc1cc([C@H]2C3=CC[C@@H]4C(=O)N(c5ccccc5)C(=O)[C@@H]4[C@@H]3C[C@H]3C(=O)N(Nc4ccc(F)cc4)C(=O)[C@@]23c2ccc(Cl)cc2)ccc1O. The van der Waals surface area contributed by atoms with Gasteiger partial charge in [0, 0.05) is 10.9 Å². The third-order valence-corrected chi connectivity index (χ3v) is 11.1. The largest absolute Gasteiger partial charge is 0.508 e. The number of fused-ring (bicyclic) bond motifs is 4. The van der Waals surface area contributed by atoms with E-state index in [2.05, 4.69) is 5.43 Å². The number of hydrogen-bond donors (Lipinski definition) is 2. The van der Waals surface area contributed by atoms with Crippen molar-refractivity contribution in [1.82, 2.24) is 5.01 Å². The molecular formula is C39H31ClFN3O5. The summed E-state index contributed by atoms with van der Waals surface area (Å²) in [6.45, 7) is 1.76. The number of rotatable bonds is 5. The number of allylic oxidation sites excluding steroid dienone is 2. The van der Waals surface area contributed by atoms with Crippen LogP contribution in [0.5, 0.6) is 5.75 Å². The maximum Gasteiger partial charge on any atom is 0.260 e. The molecule has 246 valence electrons. The van der Waals surface area contributed by atoms with Gasteiger partial charge in [-0.3, -0.25) is 29.5 Å². The fraction of sp³-hybridized carbons (Fsp3) is 0.231. The van der Waals surface area contributed by atoms with Crippen LogP contribution in [0.1, 0.15) is 35.4 Å². The summed E-state index contributed by atoms with van der Waals surface area (Å²) < 4.78 is 13.8. The molecule has 49 heavy (non-hydrogen) atoms. The van der Waals surface area contributed by atoms with Crippen molar-refractivity contribution in [2.24, 2.45) is 23.7 Å². The lowest BCUT2D eigenvalue weighted by Gasteiger charge is -2.50. The number of benzene rings is 4. The Bertz CT molecular complexity index is 2070. The Morgan fingerprint density at radius 3 is 2.27 bits per heavy atom. The molecule has 2 N–H and O–H groups in total. The smallest absolute Gasteiger partial charge is 0.260 e. The molecule has 0 bridgehead atoms. The Morgan fingerprint density at radius 2 is 1.57 bits per heavy atom. The van der Waals surface area contributed by atoms with Crippen molar-refractivity contribution < 1.29 is 28.7 Å². The lowest BCUT2D eigenvalue weighted by Crippen LogP contribution is -2.53. The van der Waals surface area contributed by atoms with Gasteiger partial charge in [0.15, 0.2) is 0 Å². The van der Waals surface area contributed by atoms with Crippen LogP contribution >= 0.6 is 11.6 Å². The number of para-hydroxylation sites is 1. The third kappa shape index (κ3) is 4.55. The van der Waals surface area contributed by atoms with Crippen LogP contribution in [0.3, 0.4) is 0 Å². The zero-order chi connectivity index (χ0) is 34.2. The van der Waals surface area contributed by atoms with Crippen LogP contribution in [0.4, 0.5) is 15.8 Å². The van der Waals surface area contributed by atoms with Crippen molar-refractivity contribution in [3.05, 3.63) is 136 Å². The first-order valence-corrected chi connectivity index (χ1v) is 16.6. The number of imide groups is 2. The molecule has 4 aliphatic rings. The second-order valence-corrected chi connectivity index (χ2v) is 13.7. The van der Waals surface area contributed by atoms with Crippen molar-refractivity contribution in [3.8, 4) is 5.75 Å². The van der Waals surface area contributed by atoms with Gasteiger partial charge in [0.1, 0.15) is 11.6 Å². The topological polar surface area (TPSA) is 107 Å². The number of hydrazine groups is 1. The first-order valence-electron chi connectivity index (χ1n) is 16.2. The first-order chi connectivity index (χ1) is 23.6. The van der Waals surface area contributed by atoms with Crippen molar-refractivity contribution in [2.45, 2.75) is 31.1 Å². The molecule has 0 radical (unpaired) electrons. The van der Waals surface area contributed by atoms with Gasteiger partial charge in [-0.05, 0) is 97.0 Å². The summed E-state index contributed by atoms with van der Waals surface area (Å²) >= 11 is 6.34. The van der Waals surface area contributed by atoms with Crippen LogP contribution in [0.25, 0.3) is 0 Å². The van der Waals surface area contributed by atoms with E-state index in [0.717, 1.165) is 10.6 Å². The van der Waals surface area contributed by atoms with Crippen molar-refractivity contribution in [3.63, 3.8) is 0 Å². The van der Waals surface area contributed by atoms with E-state index in [1.165, 1.54) is 29.2 Å². The average molecular weight is 676 g/mol. The summed E-state index contributed by atoms with van der Waals surface area (Å²) in [5.41, 5.74) is 4.94. The fourth-order valence-electron chi connectivity index (χ4n) is 8.72. The van der Waals surface area contributed by atoms with Gasteiger partial charge in [-0.15, -0.1) is 0 Å². The molecule has 2 aliphatic carbocycles. The third-order valence-electron chi connectivity index (χ3n) is 10.8. The second kappa shape index (κ2) is 11.4. The standard InChI is InChI=1S/C39H31ClFN3O5/c1-21-19-22(7-18-32(21)45)34-28-16-17-29-33(37(48)43(35(29)46)27-5-3-2-4-6-27)30(28)20-31-36(47)44(42-26-14-12-25(41)13-15-26)38(49)39(31,34)23-8-10-24(40)11-9-23/h2-16,18-19,29-31,33-34,42,45H,17,20H2,1H3/t29-,30+,31-,33-,34-,39+/m0/s1. The molecule has 2 saturated heterocycles. The van der Waals surface area contributed by atoms with Crippen LogP contribution in [0.15, 0.2) is 109 Å². The molecule has 3 fully saturated rings. The van der Waals surface area contributed by atoms with E-state index in [1.807, 2.05) is 18.2 Å². The summed E-state index contributed by atoms with van der Waals surface area (Å²) in [7, 11) is 0. The number of amides is 4. The second-order valence-electron chi connectivity index (χ2n) is 13.3. The maximum absolute atomic E-state index is 15.1. The van der Waals surface area contributed by atoms with Crippen LogP contribution < -0.4 is 10.3 Å². The van der Waals surface area contributed by atoms with E-state index < -0.39 is 52.6 Å². The quantitative estimate of drug-likeness (QED) is 0.181. The number of halogens is 2. The molecule has 4 aromatic carbocycles. The molecule has 8 rings (SSSR count). The molecule has 8 nitrogen and oxygen atoms in total. The highest BCUT2D eigenvalue weighted by atomic mass is 35.5. The van der Waals surface area contributed by atoms with E-state index in [0.29, 0.717) is 39.5 Å². The number of phenols is 1. The number of hydrogen-bond acceptors (Lipinski definition) is 6. The van der Waals surface area contributed by atoms with Crippen LogP contribution in [0, 0.1) is 36.4 Å². The van der Waals surface area contributed by atoms with Gasteiger partial charge in [-0.1, -0.05) is 65.7 Å². The normalized spacial score (nSPS) is 27.5. The number of nitrogens with zero attached hydrogens (tertiary/aromatic N) is 2. The molecule has 0 aromatic heterocycles. The number of anilines is 2. The number of carbonyl (C=O) groups is 4. The van der Waals surface area contributed by atoms with Crippen LogP contribution in [-0.2, 0) is 24.6 Å². The number of carbonyl (C=O) groups excluding carboxylic acids is 4. The average Bonchev–Trinajstić information content (AvgIpc) is 3.48. The molecule has 6 atom stereocenters. The van der Waals surface area contributed by atoms with E-state index in [1.54, 1.807) is 67.6 Å². The lowest BCUT2D eigenvalue weighted by molar-refractivity contribution is -0.138. The van der Waals surface area contributed by atoms with E-state index in [-0.39, 0.29) is 24.0 Å². The Labute approximate surface area is 286 Å². The minimum Gasteiger partial charge on any atom is -0.508 e. The van der Waals surface area contributed by atoms with E-state index in [9.17, 15) is 23.9 Å². The summed E-state index contributed by atoms with van der Waals surface area (Å²) in [5, 5.41) is 12.0. The Morgan fingerprint density at radius 1 is 0.857 bits per heavy atom. The van der Waals surface area contributed by atoms with Crippen molar-refractivity contribution in [1.29, 1.82) is 0 Å². The van der Waals surface area contributed by atoms with Crippen molar-refractivity contribution >= 4 is 46.6 Å². The fourth-order valence-corrected chi connectivity index (χ4v) is 8.85. The molecule has 2 aliphatic heterocycles. The van der Waals surface area contributed by atoms with Gasteiger partial charge >= 0.3 is 0 Å². The number of phenolic OH excluding ortho intramolecular Hbond substituents is 1. The molecule has 0 unspecified atom stereocenters. The summed E-state index contributed by atoms with van der Waals surface area (Å²) in [4.78, 5) is 59.3. The summed E-state index contributed by atoms with van der Waals surface area (Å²) in [6, 6.07) is 26.2. The molecule has 1 saturated carbocycles. The highest BCUT2D eigenvalue weighted by Crippen LogP contribution is 2.64. The zero-order valence-corrected chi connectivity index (χ0v) is 27.1. The van der Waals surface area contributed by atoms with Gasteiger partial charge in [-0.2, -0.15) is 5.01 Å². The zero-order valence-electron chi connectivity index (χ0n) is 26.3. The van der Waals surface area contributed by atoms with Gasteiger partial charge < -0.3 is 5.11 Å². The molecule has 2 heterocycles. The molecule has 0 spiro atoms. The van der Waals surface area contributed by atoms with E-state index >= 15 is 4.79 Å². The molecule has 4 aromatic rings. The lowest BCUT2D eigenvalue weighted by atomic mass is 9.49.